The number of carboxylic acids is 2. The average Bonchev–Trinajstić information content (AvgIpc) is 3.03. The molecule has 0 radical (unpaired) electrons. The van der Waals surface area contributed by atoms with E-state index in [-0.39, 0.29) is 18.6 Å². The van der Waals surface area contributed by atoms with Crippen molar-refractivity contribution in [1.82, 2.24) is 4.98 Å². The number of nitrogens with two attached hydrogens (primary N) is 2. The van der Waals surface area contributed by atoms with E-state index in [0.717, 1.165) is 16.6 Å². The molecular weight excluding hydrogens is 362 g/mol. The number of anilines is 1. The molecule has 0 aliphatic rings. The van der Waals surface area contributed by atoms with Gasteiger partial charge in [0.25, 0.3) is 0 Å². The Kier molecular flexibility index (Phi) is 6.89. The number of aliphatic carboxylic acids is 2. The van der Waals surface area contributed by atoms with Gasteiger partial charge in [0, 0.05) is 28.9 Å². The molecule has 146 valence electrons. The first kappa shape index (κ1) is 20.7. The van der Waals surface area contributed by atoms with Crippen LogP contribution in [0.15, 0.2) is 54.6 Å². The second-order valence-electron chi connectivity index (χ2n) is 6.11. The highest BCUT2D eigenvalue weighted by molar-refractivity contribution is 6.02. The Labute approximate surface area is 160 Å². The Balaban J connectivity index is 0.000000202. The smallest absolute Gasteiger partial charge is 0.320 e. The Bertz CT molecular complexity index is 963. The summed E-state index contributed by atoms with van der Waals surface area (Å²) in [4.78, 5) is 35.5. The molecule has 8 heteroatoms. The van der Waals surface area contributed by atoms with Gasteiger partial charge in [-0.05, 0) is 29.7 Å². The molecule has 0 amide bonds. The number of nitrogen functional groups attached to an aromatic ring is 1. The number of nitrogens with one attached hydrogen (secondary N) is 1. The molecule has 3 rings (SSSR count). The lowest BCUT2D eigenvalue weighted by Crippen LogP contribution is -2.32. The van der Waals surface area contributed by atoms with Crippen LogP contribution >= 0.6 is 0 Å². The molecule has 7 N–H and O–H groups in total. The molecule has 0 saturated carbocycles. The number of fused-ring (bicyclic) bond motifs is 1. The van der Waals surface area contributed by atoms with Gasteiger partial charge in [-0.2, -0.15) is 0 Å². The van der Waals surface area contributed by atoms with Crippen molar-refractivity contribution >= 4 is 34.3 Å². The van der Waals surface area contributed by atoms with Gasteiger partial charge in [0.15, 0.2) is 5.78 Å². The number of H-pyrrole nitrogens is 1. The summed E-state index contributed by atoms with van der Waals surface area (Å²) in [6.45, 7) is 0. The molecule has 3 aromatic rings. The number of carbonyl (C=O) groups is 3. The molecule has 28 heavy (non-hydrogen) atoms. The van der Waals surface area contributed by atoms with E-state index in [1.807, 2.05) is 30.3 Å². The van der Waals surface area contributed by atoms with E-state index in [2.05, 4.69) is 4.98 Å². The zero-order chi connectivity index (χ0) is 20.7. The number of rotatable bonds is 6. The van der Waals surface area contributed by atoms with Gasteiger partial charge >= 0.3 is 11.9 Å². The van der Waals surface area contributed by atoms with Gasteiger partial charge in [-0.1, -0.05) is 30.3 Å². The average molecular weight is 383 g/mol. The Morgan fingerprint density at radius 3 is 2.25 bits per heavy atom. The number of para-hydroxylation sites is 2. The first-order valence-corrected chi connectivity index (χ1v) is 8.42. The number of benzene rings is 2. The molecule has 1 atom stereocenters. The number of ketones is 1. The van der Waals surface area contributed by atoms with Crippen molar-refractivity contribution in [3.05, 3.63) is 65.9 Å². The third-order valence-corrected chi connectivity index (χ3v) is 3.91. The first-order chi connectivity index (χ1) is 13.3. The van der Waals surface area contributed by atoms with Gasteiger partial charge in [-0.25, -0.2) is 0 Å². The van der Waals surface area contributed by atoms with E-state index in [1.165, 1.54) is 0 Å². The van der Waals surface area contributed by atoms with Crippen molar-refractivity contribution in [2.24, 2.45) is 5.73 Å². The van der Waals surface area contributed by atoms with Gasteiger partial charge in [-0.3, -0.25) is 14.4 Å². The van der Waals surface area contributed by atoms with Crippen LogP contribution in [0.1, 0.15) is 22.5 Å². The van der Waals surface area contributed by atoms with Crippen molar-refractivity contribution < 1.29 is 24.6 Å². The molecule has 1 heterocycles. The minimum absolute atomic E-state index is 0.0503. The molecular formula is C20H21N3O5. The zero-order valence-corrected chi connectivity index (χ0v) is 15.0. The lowest BCUT2D eigenvalue weighted by molar-refractivity contribution is -0.138. The normalized spacial score (nSPS) is 11.3. The number of carbonyl (C=O) groups excluding carboxylic acids is 1. The zero-order valence-electron chi connectivity index (χ0n) is 15.0. The van der Waals surface area contributed by atoms with Crippen LogP contribution in [0.2, 0.25) is 0 Å². The predicted octanol–water partition coefficient (Wildman–Crippen LogP) is 2.05. The third-order valence-electron chi connectivity index (χ3n) is 3.91. The van der Waals surface area contributed by atoms with Crippen LogP contribution in [0.4, 0.5) is 5.69 Å². The molecule has 0 aliphatic carbocycles. The molecule has 1 aromatic heterocycles. The monoisotopic (exact) mass is 383 g/mol. The second kappa shape index (κ2) is 9.33. The summed E-state index contributed by atoms with van der Waals surface area (Å²) < 4.78 is 0. The van der Waals surface area contributed by atoms with Gasteiger partial charge in [0.05, 0.1) is 6.42 Å². The van der Waals surface area contributed by atoms with Gasteiger partial charge in [0.2, 0.25) is 0 Å². The molecule has 8 nitrogen and oxygen atoms in total. The fraction of sp³-hybridized carbons (Fsp3) is 0.150. The first-order valence-electron chi connectivity index (χ1n) is 8.42. The molecule has 0 bridgehead atoms. The van der Waals surface area contributed by atoms with Crippen molar-refractivity contribution in [2.45, 2.75) is 18.9 Å². The second-order valence-corrected chi connectivity index (χ2v) is 6.11. The molecule has 0 spiro atoms. The van der Waals surface area contributed by atoms with Crippen LogP contribution in [0.3, 0.4) is 0 Å². The van der Waals surface area contributed by atoms with Crippen LogP contribution in [-0.4, -0.2) is 39.0 Å². The molecule has 0 saturated heterocycles. The van der Waals surface area contributed by atoms with E-state index in [0.29, 0.717) is 11.3 Å². The molecule has 0 fully saturated rings. The lowest BCUT2D eigenvalue weighted by atomic mass is 10.0. The number of hydrogen-bond acceptors (Lipinski definition) is 5. The van der Waals surface area contributed by atoms with E-state index in [9.17, 15) is 14.4 Å². The van der Waals surface area contributed by atoms with E-state index >= 15 is 0 Å². The van der Waals surface area contributed by atoms with E-state index < -0.39 is 18.0 Å². The summed E-state index contributed by atoms with van der Waals surface area (Å²) in [6, 6.07) is 14.9. The largest absolute Gasteiger partial charge is 0.481 e. The maximum atomic E-state index is 11.6. The molecule has 0 unspecified atom stereocenters. The fourth-order valence-corrected chi connectivity index (χ4v) is 2.54. The summed E-state index contributed by atoms with van der Waals surface area (Å²) in [5.41, 5.74) is 13.2. The summed E-state index contributed by atoms with van der Waals surface area (Å²) in [5.74, 6) is -2.37. The van der Waals surface area contributed by atoms with Crippen LogP contribution < -0.4 is 11.5 Å². The van der Waals surface area contributed by atoms with Crippen molar-refractivity contribution in [3.8, 4) is 0 Å². The standard InChI is InChI=1S/C10H12N2O3.C10H9NO2/c11-7-4-2-1-3-6(7)9(13)5-8(12)10(14)15;12-10(13)6-8-5-7-3-1-2-4-9(7)11-8/h1-4,8H,5,11-12H2,(H,14,15);1-5,11H,6H2,(H,12,13)/t8-;/m0./s1. The number of aromatic nitrogens is 1. The maximum Gasteiger partial charge on any atom is 0.320 e. The van der Waals surface area contributed by atoms with Gasteiger partial charge < -0.3 is 26.7 Å². The summed E-state index contributed by atoms with van der Waals surface area (Å²) in [7, 11) is 0. The predicted molar refractivity (Wildman–Crippen MR) is 105 cm³/mol. The maximum absolute atomic E-state index is 11.6. The number of hydrogen-bond donors (Lipinski definition) is 5. The van der Waals surface area contributed by atoms with Gasteiger partial charge in [-0.15, -0.1) is 0 Å². The Hall–Kier alpha value is -3.65. The summed E-state index contributed by atoms with van der Waals surface area (Å²) in [5, 5.41) is 18.2. The minimum Gasteiger partial charge on any atom is -0.481 e. The Morgan fingerprint density at radius 2 is 1.64 bits per heavy atom. The van der Waals surface area contributed by atoms with Crippen molar-refractivity contribution in [3.63, 3.8) is 0 Å². The number of carboxylic acid groups (broad SMARTS) is 2. The van der Waals surface area contributed by atoms with Crippen LogP contribution in [0, 0.1) is 0 Å². The quantitative estimate of drug-likeness (QED) is 0.321. The van der Waals surface area contributed by atoms with Crippen LogP contribution in [0.25, 0.3) is 10.9 Å². The van der Waals surface area contributed by atoms with Crippen LogP contribution in [-0.2, 0) is 16.0 Å². The topological polar surface area (TPSA) is 160 Å². The van der Waals surface area contributed by atoms with E-state index in [1.54, 1.807) is 24.3 Å². The highest BCUT2D eigenvalue weighted by Crippen LogP contribution is 2.15. The van der Waals surface area contributed by atoms with Crippen molar-refractivity contribution in [1.29, 1.82) is 0 Å². The van der Waals surface area contributed by atoms with Crippen LogP contribution in [0.5, 0.6) is 0 Å². The third kappa shape index (κ3) is 5.68. The minimum atomic E-state index is -1.20. The van der Waals surface area contributed by atoms with Crippen molar-refractivity contribution in [2.75, 3.05) is 5.73 Å². The highest BCUT2D eigenvalue weighted by atomic mass is 16.4. The highest BCUT2D eigenvalue weighted by Gasteiger charge is 2.18. The summed E-state index contributed by atoms with van der Waals surface area (Å²) in [6.07, 6.45) is -0.196. The van der Waals surface area contributed by atoms with Gasteiger partial charge in [0.1, 0.15) is 6.04 Å². The summed E-state index contributed by atoms with van der Waals surface area (Å²) >= 11 is 0. The fourth-order valence-electron chi connectivity index (χ4n) is 2.54. The SMILES string of the molecule is Nc1ccccc1C(=O)C[C@H](N)C(=O)O.O=C(O)Cc1cc2ccccc2[nH]1. The number of Topliss-reactive ketones (excluding diaryl/α,β-unsaturated/α-hetero) is 1. The molecule has 2 aromatic carbocycles. The molecule has 0 aliphatic heterocycles. The Morgan fingerprint density at radius 1 is 1.00 bits per heavy atom. The van der Waals surface area contributed by atoms with E-state index in [4.69, 9.17) is 21.7 Å². The lowest BCUT2D eigenvalue weighted by Gasteiger charge is -2.07. The number of aromatic amines is 1.